The van der Waals surface area contributed by atoms with Crippen molar-refractivity contribution in [1.82, 2.24) is 0 Å². The number of carbonyl (C=O) groups excluding carboxylic acids is 1. The zero-order valence-corrected chi connectivity index (χ0v) is 13.3. The number of hydrogen-bond acceptors (Lipinski definition) is 2. The van der Waals surface area contributed by atoms with Crippen LogP contribution in [0.3, 0.4) is 0 Å². The molecule has 0 aliphatic carbocycles. The van der Waals surface area contributed by atoms with Gasteiger partial charge in [0.25, 0.3) is 0 Å². The first-order chi connectivity index (χ1) is 7.56. The van der Waals surface area contributed by atoms with E-state index < -0.39 is 0 Å². The molecule has 16 heavy (non-hydrogen) atoms. The summed E-state index contributed by atoms with van der Waals surface area (Å²) in [4.78, 5) is 10.3. The summed E-state index contributed by atoms with van der Waals surface area (Å²) in [6.07, 6.45) is 3.29. The molecular formula is C11H13Cl2O2Sn. The largest absolute Gasteiger partial charge is 0.506 e. The topological polar surface area (TPSA) is 37.3 Å². The number of benzene rings is 1. The Labute approximate surface area is 119 Å². The average molecular weight is 367 g/mol. The minimum atomic E-state index is -0.230. The van der Waals surface area contributed by atoms with Gasteiger partial charge < -0.3 is 5.11 Å². The number of phenols is 1. The van der Waals surface area contributed by atoms with Crippen molar-refractivity contribution in [1.29, 1.82) is 0 Å². The van der Waals surface area contributed by atoms with Gasteiger partial charge in [-0.3, -0.25) is 4.79 Å². The fourth-order valence-corrected chi connectivity index (χ4v) is 2.37. The Morgan fingerprint density at radius 2 is 2.06 bits per heavy atom. The zero-order chi connectivity index (χ0) is 12.6. The van der Waals surface area contributed by atoms with Gasteiger partial charge in [-0.25, -0.2) is 0 Å². The molecular weight excluding hydrogens is 354 g/mol. The van der Waals surface area contributed by atoms with Gasteiger partial charge in [0, 0.05) is 5.02 Å². The third-order valence-corrected chi connectivity index (χ3v) is 3.23. The van der Waals surface area contributed by atoms with E-state index >= 15 is 0 Å². The van der Waals surface area contributed by atoms with Crippen LogP contribution in [-0.2, 0) is 0 Å². The van der Waals surface area contributed by atoms with Crippen molar-refractivity contribution >= 4 is 52.0 Å². The molecule has 0 heterocycles. The Morgan fingerprint density at radius 3 is 2.44 bits per heavy atom. The predicted molar refractivity (Wildman–Crippen MR) is 69.0 cm³/mol. The molecule has 5 heteroatoms. The van der Waals surface area contributed by atoms with Crippen molar-refractivity contribution < 1.29 is 9.90 Å². The van der Waals surface area contributed by atoms with E-state index in [0.717, 1.165) is 0 Å². The van der Waals surface area contributed by atoms with Crippen molar-refractivity contribution in [2.24, 2.45) is 0 Å². The Bertz CT molecular complexity index is 341. The van der Waals surface area contributed by atoms with Crippen LogP contribution in [-0.4, -0.2) is 33.9 Å². The van der Waals surface area contributed by atoms with Gasteiger partial charge in [-0.15, -0.1) is 0 Å². The predicted octanol–water partition coefficient (Wildman–Crippen LogP) is 3.88. The molecule has 1 N–H and O–H groups in total. The molecule has 0 saturated heterocycles. The number of phenolic OH excluding ortho intramolecular Hbond substituents is 1. The maximum atomic E-state index is 10.3. The number of hydrogen-bond donors (Lipinski definition) is 1. The Hall–Kier alpha value is 0.0687. The molecule has 0 bridgehead atoms. The van der Waals surface area contributed by atoms with Gasteiger partial charge in [0.2, 0.25) is 0 Å². The van der Waals surface area contributed by atoms with Crippen LogP contribution in [0.25, 0.3) is 0 Å². The molecule has 1 aromatic carbocycles. The molecule has 0 spiro atoms. The average Bonchev–Trinajstić information content (AvgIpc) is 2.25. The first-order valence-corrected chi connectivity index (χ1v) is 7.62. The summed E-state index contributed by atoms with van der Waals surface area (Å²) in [5, 5.41) is 9.51. The first kappa shape index (κ1) is 16.1. The summed E-state index contributed by atoms with van der Waals surface area (Å²) in [6.45, 7) is 2.23. The molecule has 0 saturated carbocycles. The Morgan fingerprint density at radius 1 is 1.44 bits per heavy atom. The Kier molecular flexibility index (Phi) is 9.17. The molecule has 0 aromatic heterocycles. The van der Waals surface area contributed by atoms with Crippen LogP contribution in [0.4, 0.5) is 0 Å². The number of aromatic hydroxyl groups is 1. The van der Waals surface area contributed by atoms with Gasteiger partial charge in [0.05, 0.1) is 10.6 Å². The fourth-order valence-electron chi connectivity index (χ4n) is 0.852. The van der Waals surface area contributed by atoms with Crippen LogP contribution >= 0.6 is 23.2 Å². The molecule has 2 nitrogen and oxygen atoms in total. The van der Waals surface area contributed by atoms with Crippen LogP contribution in [0.15, 0.2) is 12.1 Å². The van der Waals surface area contributed by atoms with Crippen molar-refractivity contribution in [3.05, 3.63) is 27.7 Å². The van der Waals surface area contributed by atoms with Crippen LogP contribution in [0.1, 0.15) is 30.1 Å². The smallest absolute Gasteiger partial charge is 0.153 e. The van der Waals surface area contributed by atoms with E-state index in [1.165, 1.54) is 29.4 Å². The molecule has 0 unspecified atom stereocenters. The monoisotopic (exact) mass is 367 g/mol. The first-order valence-electron chi connectivity index (χ1n) is 4.84. The third kappa shape index (κ3) is 5.97. The molecule has 0 atom stereocenters. The van der Waals surface area contributed by atoms with Crippen molar-refractivity contribution in [3.8, 4) is 5.75 Å². The van der Waals surface area contributed by atoms with Crippen LogP contribution < -0.4 is 0 Å². The van der Waals surface area contributed by atoms with Crippen molar-refractivity contribution in [3.63, 3.8) is 0 Å². The van der Waals surface area contributed by atoms with Crippen LogP contribution in [0, 0.1) is 0 Å². The molecule has 3 radical (unpaired) electrons. The van der Waals surface area contributed by atoms with E-state index in [-0.39, 0.29) is 16.3 Å². The second kappa shape index (κ2) is 9.14. The van der Waals surface area contributed by atoms with E-state index in [4.69, 9.17) is 28.3 Å². The van der Waals surface area contributed by atoms with Crippen LogP contribution in [0.2, 0.25) is 14.5 Å². The number of unbranched alkanes of at least 4 members (excludes halogenated alkanes) is 1. The summed E-state index contributed by atoms with van der Waals surface area (Å²) < 4.78 is 1.43. The van der Waals surface area contributed by atoms with E-state index in [2.05, 4.69) is 6.92 Å². The molecule has 87 valence electrons. The zero-order valence-electron chi connectivity index (χ0n) is 8.96. The quantitative estimate of drug-likeness (QED) is 0.651. The van der Waals surface area contributed by atoms with E-state index in [1.54, 1.807) is 22.5 Å². The fraction of sp³-hybridized carbons (Fsp3) is 0.364. The molecule has 1 rings (SSSR count). The number of halogens is 2. The summed E-state index contributed by atoms with van der Waals surface area (Å²) >= 11 is 12.7. The van der Waals surface area contributed by atoms with Gasteiger partial charge >= 0.3 is 46.7 Å². The minimum absolute atomic E-state index is 0.0830. The number of rotatable bonds is 3. The molecule has 0 aliphatic heterocycles. The van der Waals surface area contributed by atoms with Crippen molar-refractivity contribution in [2.75, 3.05) is 0 Å². The standard InChI is InChI=1S/C7H4Cl2O2.C4H9.Sn/c8-5-1-4(3-10)7(11)6(9)2-5;1-3-4-2;/h1-3,11H;1,3-4H2,2H3;. The van der Waals surface area contributed by atoms with E-state index in [0.29, 0.717) is 11.3 Å². The molecule has 0 fully saturated rings. The third-order valence-electron chi connectivity index (χ3n) is 1.71. The Balaban J connectivity index is 0.000000385. The van der Waals surface area contributed by atoms with Gasteiger partial charge in [-0.05, 0) is 12.1 Å². The summed E-state index contributed by atoms with van der Waals surface area (Å²) in [5.74, 6) is -0.230. The number of aldehydes is 1. The normalized spacial score (nSPS) is 9.25. The summed E-state index contributed by atoms with van der Waals surface area (Å²) in [5.41, 5.74) is 0.0995. The maximum absolute atomic E-state index is 10.3. The molecule has 1 aromatic rings. The van der Waals surface area contributed by atoms with Gasteiger partial charge in [-0.2, -0.15) is 0 Å². The van der Waals surface area contributed by atoms with Gasteiger partial charge in [0.1, 0.15) is 5.75 Å². The second-order valence-corrected chi connectivity index (χ2v) is 5.32. The van der Waals surface area contributed by atoms with E-state index in [9.17, 15) is 4.79 Å². The summed E-state index contributed by atoms with van der Waals surface area (Å²) in [6, 6.07) is 2.71. The van der Waals surface area contributed by atoms with Crippen molar-refractivity contribution in [2.45, 2.75) is 24.2 Å². The number of carbonyl (C=O) groups is 1. The molecule has 0 amide bonds. The summed E-state index contributed by atoms with van der Waals surface area (Å²) in [7, 11) is 0. The molecule has 0 aliphatic rings. The second-order valence-electron chi connectivity index (χ2n) is 3.05. The van der Waals surface area contributed by atoms with Gasteiger partial charge in [-0.1, -0.05) is 23.2 Å². The van der Waals surface area contributed by atoms with Gasteiger partial charge in [0.15, 0.2) is 6.29 Å². The van der Waals surface area contributed by atoms with Crippen LogP contribution in [0.5, 0.6) is 5.75 Å². The minimum Gasteiger partial charge on any atom is -0.506 e. The maximum Gasteiger partial charge on any atom is 0.153 e. The SMILES string of the molecule is CCC[CH2][Sn].O=Cc1cc(Cl)cc(Cl)c1O. The van der Waals surface area contributed by atoms with E-state index in [1.807, 2.05) is 0 Å².